The SMILES string of the molecule is CC(=O)NC(=S)NC(C)C(=O)O. The van der Waals surface area contributed by atoms with Gasteiger partial charge in [-0.15, -0.1) is 0 Å². The van der Waals surface area contributed by atoms with Crippen molar-refractivity contribution in [2.75, 3.05) is 0 Å². The molecule has 6 heteroatoms. The quantitative estimate of drug-likeness (QED) is 0.510. The zero-order chi connectivity index (χ0) is 9.72. The van der Waals surface area contributed by atoms with Crippen LogP contribution in [0.1, 0.15) is 13.8 Å². The lowest BCUT2D eigenvalue weighted by molar-refractivity contribution is -0.138. The van der Waals surface area contributed by atoms with Crippen molar-refractivity contribution in [2.45, 2.75) is 19.9 Å². The fourth-order valence-electron chi connectivity index (χ4n) is 0.454. The van der Waals surface area contributed by atoms with Crippen LogP contribution in [0.2, 0.25) is 0 Å². The number of carbonyl (C=O) groups excluding carboxylic acids is 1. The molecule has 3 N–H and O–H groups in total. The average molecular weight is 190 g/mol. The van der Waals surface area contributed by atoms with Gasteiger partial charge < -0.3 is 15.7 Å². The predicted octanol–water partition coefficient (Wildman–Crippen LogP) is -0.530. The van der Waals surface area contributed by atoms with Crippen LogP contribution in [0.25, 0.3) is 0 Å². The summed E-state index contributed by atoms with van der Waals surface area (Å²) in [7, 11) is 0. The van der Waals surface area contributed by atoms with Gasteiger partial charge in [-0.3, -0.25) is 9.59 Å². The molecule has 0 heterocycles. The lowest BCUT2D eigenvalue weighted by Crippen LogP contribution is -2.45. The number of carboxylic acid groups (broad SMARTS) is 1. The Morgan fingerprint density at radius 2 is 2.00 bits per heavy atom. The first-order chi connectivity index (χ1) is 5.43. The standard InChI is InChI=1S/C6H10N2O3S/c1-3(5(10)11)7-6(12)8-4(2)9/h3H,1-2H3,(H,10,11)(H2,7,8,9,12). The second-order valence-electron chi connectivity index (χ2n) is 2.21. The van der Waals surface area contributed by atoms with Gasteiger partial charge >= 0.3 is 5.97 Å². The Labute approximate surface area is 75.1 Å². The number of carboxylic acids is 1. The normalized spacial score (nSPS) is 11.5. The average Bonchev–Trinajstić information content (AvgIpc) is 1.84. The summed E-state index contributed by atoms with van der Waals surface area (Å²) in [6, 6.07) is -0.802. The molecule has 0 rings (SSSR count). The van der Waals surface area contributed by atoms with Gasteiger partial charge in [-0.05, 0) is 19.1 Å². The molecule has 0 aliphatic carbocycles. The van der Waals surface area contributed by atoms with Crippen LogP contribution < -0.4 is 10.6 Å². The van der Waals surface area contributed by atoms with Crippen LogP contribution in [-0.4, -0.2) is 28.1 Å². The molecule has 1 unspecified atom stereocenters. The van der Waals surface area contributed by atoms with Crippen LogP contribution in [0, 0.1) is 0 Å². The molecule has 0 fully saturated rings. The number of amides is 1. The van der Waals surface area contributed by atoms with Crippen molar-refractivity contribution in [1.82, 2.24) is 10.6 Å². The van der Waals surface area contributed by atoms with E-state index in [1.54, 1.807) is 0 Å². The van der Waals surface area contributed by atoms with Gasteiger partial charge in [-0.1, -0.05) is 0 Å². The third-order valence-electron chi connectivity index (χ3n) is 1.01. The number of nitrogens with one attached hydrogen (secondary N) is 2. The molecule has 5 nitrogen and oxygen atoms in total. The Bertz CT molecular complexity index is 217. The van der Waals surface area contributed by atoms with Gasteiger partial charge in [0.25, 0.3) is 0 Å². The molecule has 1 amide bonds. The minimum absolute atomic E-state index is 0.0254. The third-order valence-corrected chi connectivity index (χ3v) is 1.23. The van der Waals surface area contributed by atoms with E-state index in [2.05, 4.69) is 22.9 Å². The summed E-state index contributed by atoms with van der Waals surface area (Å²) in [5.41, 5.74) is 0. The molecule has 0 saturated heterocycles. The maximum absolute atomic E-state index is 10.4. The number of hydrogen-bond donors (Lipinski definition) is 3. The van der Waals surface area contributed by atoms with Crippen molar-refractivity contribution in [1.29, 1.82) is 0 Å². The van der Waals surface area contributed by atoms with E-state index in [4.69, 9.17) is 5.11 Å². The molecule has 0 aliphatic rings. The van der Waals surface area contributed by atoms with Crippen molar-refractivity contribution in [3.05, 3.63) is 0 Å². The van der Waals surface area contributed by atoms with Crippen LogP contribution >= 0.6 is 12.2 Å². The maximum atomic E-state index is 10.4. The van der Waals surface area contributed by atoms with E-state index in [0.717, 1.165) is 0 Å². The Kier molecular flexibility index (Phi) is 4.20. The molecule has 1 atom stereocenters. The highest BCUT2D eigenvalue weighted by atomic mass is 32.1. The van der Waals surface area contributed by atoms with Crippen molar-refractivity contribution >= 4 is 29.2 Å². The molecule has 0 spiro atoms. The smallest absolute Gasteiger partial charge is 0.325 e. The van der Waals surface area contributed by atoms with Crippen molar-refractivity contribution in [2.24, 2.45) is 0 Å². The fourth-order valence-corrected chi connectivity index (χ4v) is 0.775. The molecule has 0 aromatic heterocycles. The summed E-state index contributed by atoms with van der Waals surface area (Å²) < 4.78 is 0. The van der Waals surface area contributed by atoms with E-state index >= 15 is 0 Å². The van der Waals surface area contributed by atoms with Crippen molar-refractivity contribution < 1.29 is 14.7 Å². The van der Waals surface area contributed by atoms with Crippen molar-refractivity contribution in [3.8, 4) is 0 Å². The zero-order valence-electron chi connectivity index (χ0n) is 6.75. The molecule has 0 aliphatic heterocycles. The molecular formula is C6H10N2O3S. The third kappa shape index (κ3) is 4.62. The summed E-state index contributed by atoms with van der Waals surface area (Å²) in [6.45, 7) is 2.72. The van der Waals surface area contributed by atoms with Gasteiger partial charge in [0.1, 0.15) is 6.04 Å². The Balaban J connectivity index is 3.85. The molecule has 0 bridgehead atoms. The Hall–Kier alpha value is -1.17. The summed E-state index contributed by atoms with van der Waals surface area (Å²) in [5, 5.41) is 13.1. The minimum Gasteiger partial charge on any atom is -0.480 e. The first-order valence-corrected chi connectivity index (χ1v) is 3.65. The predicted molar refractivity (Wildman–Crippen MR) is 46.6 cm³/mol. The monoisotopic (exact) mass is 190 g/mol. The van der Waals surface area contributed by atoms with Crippen molar-refractivity contribution in [3.63, 3.8) is 0 Å². The lowest BCUT2D eigenvalue weighted by atomic mass is 10.3. The molecule has 12 heavy (non-hydrogen) atoms. The molecule has 0 saturated carbocycles. The second-order valence-corrected chi connectivity index (χ2v) is 2.62. The molecule has 68 valence electrons. The largest absolute Gasteiger partial charge is 0.480 e. The Morgan fingerprint density at radius 3 is 2.33 bits per heavy atom. The van der Waals surface area contributed by atoms with Crippen LogP contribution in [0.3, 0.4) is 0 Å². The summed E-state index contributed by atoms with van der Waals surface area (Å²) in [4.78, 5) is 20.7. The highest BCUT2D eigenvalue weighted by Gasteiger charge is 2.11. The number of carbonyl (C=O) groups is 2. The van der Waals surface area contributed by atoms with Gasteiger partial charge in [0, 0.05) is 6.92 Å². The molecule has 0 aromatic rings. The second kappa shape index (κ2) is 4.66. The molecule has 0 aromatic carbocycles. The summed E-state index contributed by atoms with van der Waals surface area (Å²) >= 11 is 4.62. The van der Waals surface area contributed by atoms with Gasteiger partial charge in [0.15, 0.2) is 5.11 Å². The van der Waals surface area contributed by atoms with Gasteiger partial charge in [-0.2, -0.15) is 0 Å². The van der Waals surface area contributed by atoms with Gasteiger partial charge in [-0.25, -0.2) is 0 Å². The first-order valence-electron chi connectivity index (χ1n) is 3.24. The van der Waals surface area contributed by atoms with Gasteiger partial charge in [0.05, 0.1) is 0 Å². The van der Waals surface area contributed by atoms with E-state index in [1.807, 2.05) is 0 Å². The molecular weight excluding hydrogens is 180 g/mol. The topological polar surface area (TPSA) is 78.4 Å². The van der Waals surface area contributed by atoms with E-state index in [1.165, 1.54) is 13.8 Å². The maximum Gasteiger partial charge on any atom is 0.325 e. The van der Waals surface area contributed by atoms with Crippen LogP contribution in [0.4, 0.5) is 0 Å². The van der Waals surface area contributed by atoms with E-state index < -0.39 is 12.0 Å². The number of thiocarbonyl (C=S) groups is 1. The van der Waals surface area contributed by atoms with E-state index in [0.29, 0.717) is 0 Å². The van der Waals surface area contributed by atoms with Gasteiger partial charge in [0.2, 0.25) is 5.91 Å². The number of aliphatic carboxylic acids is 1. The van der Waals surface area contributed by atoms with Crippen LogP contribution in [0.5, 0.6) is 0 Å². The highest BCUT2D eigenvalue weighted by molar-refractivity contribution is 7.80. The first kappa shape index (κ1) is 10.8. The highest BCUT2D eigenvalue weighted by Crippen LogP contribution is 1.80. The number of hydrogen-bond acceptors (Lipinski definition) is 3. The molecule has 0 radical (unpaired) electrons. The number of rotatable bonds is 2. The van der Waals surface area contributed by atoms with E-state index in [-0.39, 0.29) is 11.0 Å². The fraction of sp³-hybridized carbons (Fsp3) is 0.500. The van der Waals surface area contributed by atoms with Crippen LogP contribution in [0.15, 0.2) is 0 Å². The minimum atomic E-state index is -1.03. The van der Waals surface area contributed by atoms with Crippen LogP contribution in [-0.2, 0) is 9.59 Å². The lowest BCUT2D eigenvalue weighted by Gasteiger charge is -2.10. The summed E-state index contributed by atoms with van der Waals surface area (Å²) in [6.07, 6.45) is 0. The summed E-state index contributed by atoms with van der Waals surface area (Å²) in [5.74, 6) is -1.35. The zero-order valence-corrected chi connectivity index (χ0v) is 7.57. The van der Waals surface area contributed by atoms with E-state index in [9.17, 15) is 9.59 Å². The Morgan fingerprint density at radius 1 is 1.50 bits per heavy atom.